The first-order valence-electron chi connectivity index (χ1n) is 10.9. The van der Waals surface area contributed by atoms with Gasteiger partial charge in [0.05, 0.1) is 11.4 Å². The molecule has 2 aromatic heterocycles. The number of hydrogen-bond donors (Lipinski definition) is 0. The lowest BCUT2D eigenvalue weighted by atomic mass is 9.92. The number of aryl methyl sites for hydroxylation is 1. The second-order valence-electron chi connectivity index (χ2n) is 7.98. The van der Waals surface area contributed by atoms with E-state index in [1.807, 2.05) is 66.6 Å². The Morgan fingerprint density at radius 3 is 2.75 bits per heavy atom. The van der Waals surface area contributed by atoms with Gasteiger partial charge in [0.25, 0.3) is 5.91 Å². The molecule has 1 saturated heterocycles. The molecule has 1 aliphatic heterocycles. The molecule has 7 heteroatoms. The highest BCUT2D eigenvalue weighted by atomic mass is 32.2. The van der Waals surface area contributed by atoms with Crippen LogP contribution in [0.15, 0.2) is 66.1 Å². The minimum Gasteiger partial charge on any atom is -0.367 e. The number of piperidine rings is 1. The summed E-state index contributed by atoms with van der Waals surface area (Å²) in [6, 6.07) is 15.6. The van der Waals surface area contributed by atoms with Crippen LogP contribution in [0.4, 0.5) is 0 Å². The van der Waals surface area contributed by atoms with Gasteiger partial charge in [-0.1, -0.05) is 48.2 Å². The fourth-order valence-corrected chi connectivity index (χ4v) is 4.85. The molecule has 1 amide bonds. The van der Waals surface area contributed by atoms with Crippen LogP contribution in [0.1, 0.15) is 47.4 Å². The van der Waals surface area contributed by atoms with Crippen molar-refractivity contribution in [2.75, 3.05) is 20.2 Å². The van der Waals surface area contributed by atoms with Crippen molar-refractivity contribution in [3.63, 3.8) is 0 Å². The van der Waals surface area contributed by atoms with Crippen molar-refractivity contribution in [2.45, 2.75) is 42.7 Å². The summed E-state index contributed by atoms with van der Waals surface area (Å²) in [6.07, 6.45) is 5.07. The Labute approximate surface area is 193 Å². The third kappa shape index (κ3) is 5.34. The lowest BCUT2D eigenvalue weighted by Gasteiger charge is -2.35. The zero-order valence-corrected chi connectivity index (χ0v) is 19.3. The van der Waals surface area contributed by atoms with Gasteiger partial charge >= 0.3 is 0 Å². The number of pyridine rings is 1. The number of benzene rings is 1. The van der Waals surface area contributed by atoms with E-state index in [1.54, 1.807) is 25.1 Å². The van der Waals surface area contributed by atoms with E-state index in [1.165, 1.54) is 0 Å². The van der Waals surface area contributed by atoms with Crippen molar-refractivity contribution in [3.05, 3.63) is 83.4 Å². The maximum Gasteiger partial charge on any atom is 0.256 e. The summed E-state index contributed by atoms with van der Waals surface area (Å²) >= 11 is 1.59. The monoisotopic (exact) mass is 448 g/mol. The van der Waals surface area contributed by atoms with Crippen molar-refractivity contribution in [1.82, 2.24) is 19.9 Å². The number of thioether (sulfide) groups is 1. The fourth-order valence-electron chi connectivity index (χ4n) is 4.12. The smallest absolute Gasteiger partial charge is 0.256 e. The maximum atomic E-state index is 13.3. The first kappa shape index (κ1) is 22.4. The molecule has 32 heavy (non-hydrogen) atoms. The second kappa shape index (κ2) is 10.7. The first-order valence-corrected chi connectivity index (χ1v) is 11.9. The zero-order valence-electron chi connectivity index (χ0n) is 18.5. The van der Waals surface area contributed by atoms with Gasteiger partial charge in [-0.05, 0) is 43.0 Å². The molecule has 0 aliphatic carbocycles. The van der Waals surface area contributed by atoms with E-state index in [0.717, 1.165) is 52.8 Å². The molecule has 0 N–H and O–H groups in total. The zero-order chi connectivity index (χ0) is 22.3. The Kier molecular flexibility index (Phi) is 7.50. The van der Waals surface area contributed by atoms with Gasteiger partial charge in [-0.15, -0.1) is 0 Å². The number of likely N-dealkylation sites (tertiary alicyclic amines) is 1. The number of nitrogens with zero attached hydrogens (tertiary/aromatic N) is 4. The second-order valence-corrected chi connectivity index (χ2v) is 8.92. The highest BCUT2D eigenvalue weighted by molar-refractivity contribution is 7.98. The molecule has 0 bridgehead atoms. The standard InChI is InChI=1S/C25H28N4O2S/c1-18-15-27-25(32-17-21-12-6-7-13-26-21)28-22(18)20-11-8-14-29(16-20)24(30)23(31-2)19-9-4-3-5-10-19/h3-7,9-10,12-13,15,20,23H,8,11,14,16-17H2,1-2H3. The summed E-state index contributed by atoms with van der Waals surface area (Å²) in [4.78, 5) is 29.0. The van der Waals surface area contributed by atoms with Gasteiger partial charge in [0.2, 0.25) is 0 Å². The number of amides is 1. The van der Waals surface area contributed by atoms with Crippen LogP contribution >= 0.6 is 11.8 Å². The van der Waals surface area contributed by atoms with Crippen molar-refractivity contribution < 1.29 is 9.53 Å². The van der Waals surface area contributed by atoms with Gasteiger partial charge in [0.15, 0.2) is 11.3 Å². The van der Waals surface area contributed by atoms with Gasteiger partial charge in [0.1, 0.15) is 0 Å². The molecule has 0 saturated carbocycles. The summed E-state index contributed by atoms with van der Waals surface area (Å²) in [5.74, 6) is 0.934. The SMILES string of the molecule is COC(C(=O)N1CCCC(c2nc(SCc3ccccn3)ncc2C)C1)c1ccccc1. The Morgan fingerprint density at radius 1 is 1.19 bits per heavy atom. The molecule has 4 rings (SSSR count). The van der Waals surface area contributed by atoms with E-state index in [0.29, 0.717) is 6.54 Å². The van der Waals surface area contributed by atoms with Crippen molar-refractivity contribution >= 4 is 17.7 Å². The number of rotatable bonds is 7. The van der Waals surface area contributed by atoms with E-state index < -0.39 is 6.10 Å². The summed E-state index contributed by atoms with van der Waals surface area (Å²) in [5, 5.41) is 0.749. The fraction of sp³-hybridized carbons (Fsp3) is 0.360. The molecule has 2 atom stereocenters. The lowest BCUT2D eigenvalue weighted by molar-refractivity contribution is -0.143. The van der Waals surface area contributed by atoms with Crippen molar-refractivity contribution in [1.29, 1.82) is 0 Å². The molecule has 0 spiro atoms. The van der Waals surface area contributed by atoms with E-state index in [4.69, 9.17) is 9.72 Å². The minimum atomic E-state index is -0.578. The van der Waals surface area contributed by atoms with Crippen LogP contribution in [0.2, 0.25) is 0 Å². The Hall–Kier alpha value is -2.77. The molecule has 3 aromatic rings. The molecule has 3 heterocycles. The van der Waals surface area contributed by atoms with Gasteiger partial charge in [-0.25, -0.2) is 9.97 Å². The van der Waals surface area contributed by atoms with Crippen LogP contribution in [-0.2, 0) is 15.3 Å². The van der Waals surface area contributed by atoms with Crippen LogP contribution in [-0.4, -0.2) is 46.0 Å². The maximum absolute atomic E-state index is 13.3. The van der Waals surface area contributed by atoms with Crippen LogP contribution in [0, 0.1) is 6.92 Å². The number of hydrogen-bond acceptors (Lipinski definition) is 6. The van der Waals surface area contributed by atoms with Crippen molar-refractivity contribution in [3.8, 4) is 0 Å². The largest absolute Gasteiger partial charge is 0.367 e. The number of carbonyl (C=O) groups excluding carboxylic acids is 1. The Morgan fingerprint density at radius 2 is 2.00 bits per heavy atom. The Bertz CT molecular complexity index is 1030. The lowest BCUT2D eigenvalue weighted by Crippen LogP contribution is -2.42. The Balaban J connectivity index is 1.47. The van der Waals surface area contributed by atoms with E-state index >= 15 is 0 Å². The molecular formula is C25H28N4O2S. The normalized spacial score (nSPS) is 17.2. The number of aromatic nitrogens is 3. The molecule has 166 valence electrons. The van der Waals surface area contributed by atoms with E-state index in [9.17, 15) is 4.79 Å². The molecule has 6 nitrogen and oxygen atoms in total. The highest BCUT2D eigenvalue weighted by Gasteiger charge is 2.31. The topological polar surface area (TPSA) is 68.2 Å². The average Bonchev–Trinajstić information content (AvgIpc) is 2.85. The van der Waals surface area contributed by atoms with E-state index in [-0.39, 0.29) is 11.8 Å². The van der Waals surface area contributed by atoms with Crippen LogP contribution in [0.3, 0.4) is 0 Å². The summed E-state index contributed by atoms with van der Waals surface area (Å²) in [7, 11) is 1.59. The summed E-state index contributed by atoms with van der Waals surface area (Å²) in [6.45, 7) is 3.44. The molecule has 1 aliphatic rings. The number of carbonyl (C=O) groups is 1. The predicted molar refractivity (Wildman–Crippen MR) is 125 cm³/mol. The average molecular weight is 449 g/mol. The van der Waals surface area contributed by atoms with Crippen molar-refractivity contribution in [2.24, 2.45) is 0 Å². The van der Waals surface area contributed by atoms with Crippen LogP contribution < -0.4 is 0 Å². The summed E-state index contributed by atoms with van der Waals surface area (Å²) < 4.78 is 5.58. The molecule has 1 fully saturated rings. The number of ether oxygens (including phenoxy) is 1. The molecule has 2 unspecified atom stereocenters. The van der Waals surface area contributed by atoms with Gasteiger partial charge in [0, 0.05) is 44.3 Å². The highest BCUT2D eigenvalue weighted by Crippen LogP contribution is 2.31. The predicted octanol–water partition coefficient (Wildman–Crippen LogP) is 4.57. The summed E-state index contributed by atoms with van der Waals surface area (Å²) in [5.41, 5.74) is 3.99. The molecule has 1 aromatic carbocycles. The molecular weight excluding hydrogens is 420 g/mol. The van der Waals surface area contributed by atoms with Gasteiger partial charge < -0.3 is 9.64 Å². The quantitative estimate of drug-likeness (QED) is 0.390. The number of methoxy groups -OCH3 is 1. The molecule has 0 radical (unpaired) electrons. The van der Waals surface area contributed by atoms with Crippen LogP contribution in [0.5, 0.6) is 0 Å². The third-order valence-electron chi connectivity index (χ3n) is 5.75. The van der Waals surface area contributed by atoms with E-state index in [2.05, 4.69) is 9.97 Å². The first-order chi connectivity index (χ1) is 15.7. The van der Waals surface area contributed by atoms with Gasteiger partial charge in [-0.3, -0.25) is 9.78 Å². The minimum absolute atomic E-state index is 0.0138. The van der Waals surface area contributed by atoms with Gasteiger partial charge in [-0.2, -0.15) is 0 Å². The third-order valence-corrected chi connectivity index (χ3v) is 6.64. The van der Waals surface area contributed by atoms with Crippen LogP contribution in [0.25, 0.3) is 0 Å².